The van der Waals surface area contributed by atoms with E-state index in [2.05, 4.69) is 26.5 Å². The van der Waals surface area contributed by atoms with Crippen LogP contribution < -0.4 is 5.43 Å². The van der Waals surface area contributed by atoms with Crippen molar-refractivity contribution in [2.45, 2.75) is 12.8 Å². The van der Waals surface area contributed by atoms with Gasteiger partial charge < -0.3 is 5.11 Å². The Morgan fingerprint density at radius 3 is 2.35 bits per heavy atom. The van der Waals surface area contributed by atoms with Crippen LogP contribution in [0.1, 0.15) is 28.8 Å². The molecule has 0 saturated carbocycles. The SMILES string of the molecule is O=C(O)CCC(=NNC(=O)c1cccc(Br)c1)c1ccccc1. The summed E-state index contributed by atoms with van der Waals surface area (Å²) in [5.74, 6) is -1.26. The summed E-state index contributed by atoms with van der Waals surface area (Å²) < 4.78 is 0.795. The first-order valence-corrected chi connectivity index (χ1v) is 7.75. The largest absolute Gasteiger partial charge is 0.481 e. The molecule has 0 fully saturated rings. The standard InChI is InChI=1S/C17H15BrN2O3/c18-14-8-4-7-13(11-14)17(23)20-19-15(9-10-16(21)22)12-5-2-1-3-6-12/h1-8,11H,9-10H2,(H,20,23)(H,21,22). The predicted molar refractivity (Wildman–Crippen MR) is 91.5 cm³/mol. The van der Waals surface area contributed by atoms with Crippen LogP contribution in [0, 0.1) is 0 Å². The average Bonchev–Trinajstić information content (AvgIpc) is 2.55. The molecule has 0 bridgehead atoms. The van der Waals surface area contributed by atoms with Gasteiger partial charge in [-0.15, -0.1) is 0 Å². The highest BCUT2D eigenvalue weighted by molar-refractivity contribution is 9.10. The van der Waals surface area contributed by atoms with Crippen LogP contribution in [0.3, 0.4) is 0 Å². The van der Waals surface area contributed by atoms with Crippen LogP contribution in [-0.4, -0.2) is 22.7 Å². The minimum Gasteiger partial charge on any atom is -0.481 e. The summed E-state index contributed by atoms with van der Waals surface area (Å²) in [4.78, 5) is 22.9. The van der Waals surface area contributed by atoms with E-state index in [0.29, 0.717) is 11.3 Å². The fraction of sp³-hybridized carbons (Fsp3) is 0.118. The van der Waals surface area contributed by atoms with Gasteiger partial charge in [-0.05, 0) is 23.8 Å². The summed E-state index contributed by atoms with van der Waals surface area (Å²) in [6.07, 6.45) is 0.179. The summed E-state index contributed by atoms with van der Waals surface area (Å²) >= 11 is 3.31. The van der Waals surface area contributed by atoms with Gasteiger partial charge in [-0.25, -0.2) is 5.43 Å². The van der Waals surface area contributed by atoms with E-state index in [1.807, 2.05) is 36.4 Å². The molecule has 23 heavy (non-hydrogen) atoms. The third-order valence-electron chi connectivity index (χ3n) is 3.06. The van der Waals surface area contributed by atoms with Gasteiger partial charge in [0.05, 0.1) is 12.1 Å². The van der Waals surface area contributed by atoms with E-state index >= 15 is 0 Å². The molecule has 118 valence electrons. The second-order valence-electron chi connectivity index (χ2n) is 4.77. The van der Waals surface area contributed by atoms with Crippen LogP contribution in [-0.2, 0) is 4.79 Å². The molecule has 0 aromatic heterocycles. The van der Waals surface area contributed by atoms with E-state index in [0.717, 1.165) is 10.0 Å². The smallest absolute Gasteiger partial charge is 0.303 e. The molecule has 0 heterocycles. The Labute approximate surface area is 142 Å². The van der Waals surface area contributed by atoms with Crippen molar-refractivity contribution >= 4 is 33.5 Å². The monoisotopic (exact) mass is 374 g/mol. The number of carbonyl (C=O) groups excluding carboxylic acids is 1. The highest BCUT2D eigenvalue weighted by Crippen LogP contribution is 2.12. The number of aliphatic carboxylic acids is 1. The molecule has 0 spiro atoms. The Morgan fingerprint density at radius 1 is 1.00 bits per heavy atom. The highest BCUT2D eigenvalue weighted by Gasteiger charge is 2.09. The van der Waals surface area contributed by atoms with Crippen molar-refractivity contribution in [2.24, 2.45) is 5.10 Å². The Bertz CT molecular complexity index is 730. The number of carbonyl (C=O) groups is 2. The van der Waals surface area contributed by atoms with Gasteiger partial charge in [-0.2, -0.15) is 5.10 Å². The van der Waals surface area contributed by atoms with Gasteiger partial charge in [0, 0.05) is 16.5 Å². The maximum absolute atomic E-state index is 12.1. The van der Waals surface area contributed by atoms with Crippen LogP contribution in [0.4, 0.5) is 0 Å². The van der Waals surface area contributed by atoms with Gasteiger partial charge in [0.2, 0.25) is 0 Å². The lowest BCUT2D eigenvalue weighted by Gasteiger charge is -2.07. The number of rotatable bonds is 6. The minimum absolute atomic E-state index is 0.0551. The average molecular weight is 375 g/mol. The van der Waals surface area contributed by atoms with Gasteiger partial charge in [0.25, 0.3) is 5.91 Å². The molecule has 2 N–H and O–H groups in total. The predicted octanol–water partition coefficient (Wildman–Crippen LogP) is 3.45. The molecule has 2 aromatic rings. The second kappa shape index (κ2) is 8.24. The lowest BCUT2D eigenvalue weighted by atomic mass is 10.1. The number of nitrogens with zero attached hydrogens (tertiary/aromatic N) is 1. The molecule has 0 aliphatic carbocycles. The number of carboxylic acid groups (broad SMARTS) is 1. The number of nitrogens with one attached hydrogen (secondary N) is 1. The number of halogens is 1. The summed E-state index contributed by atoms with van der Waals surface area (Å²) in [6, 6.07) is 16.1. The normalized spacial score (nSPS) is 11.1. The lowest BCUT2D eigenvalue weighted by molar-refractivity contribution is -0.136. The van der Waals surface area contributed by atoms with Crippen molar-refractivity contribution in [1.29, 1.82) is 0 Å². The first-order valence-electron chi connectivity index (χ1n) is 6.96. The molecule has 2 rings (SSSR count). The summed E-state index contributed by atoms with van der Waals surface area (Å²) in [6.45, 7) is 0. The van der Waals surface area contributed by atoms with E-state index in [-0.39, 0.29) is 18.7 Å². The van der Waals surface area contributed by atoms with E-state index < -0.39 is 5.97 Å². The quantitative estimate of drug-likeness (QED) is 0.600. The van der Waals surface area contributed by atoms with Crippen LogP contribution in [0.25, 0.3) is 0 Å². The molecular formula is C17H15BrN2O3. The molecule has 5 nitrogen and oxygen atoms in total. The van der Waals surface area contributed by atoms with Crippen LogP contribution in [0.2, 0.25) is 0 Å². The molecule has 0 aliphatic rings. The number of amides is 1. The van der Waals surface area contributed by atoms with Crippen molar-refractivity contribution in [3.05, 3.63) is 70.2 Å². The first kappa shape index (κ1) is 16.9. The minimum atomic E-state index is -0.910. The van der Waals surface area contributed by atoms with E-state index in [4.69, 9.17) is 5.11 Å². The third kappa shape index (κ3) is 5.34. The first-order chi connectivity index (χ1) is 11.1. The fourth-order valence-corrected chi connectivity index (χ4v) is 2.33. The highest BCUT2D eigenvalue weighted by atomic mass is 79.9. The molecule has 2 aromatic carbocycles. The van der Waals surface area contributed by atoms with Gasteiger partial charge in [-0.1, -0.05) is 52.3 Å². The van der Waals surface area contributed by atoms with Crippen molar-refractivity contribution in [2.75, 3.05) is 0 Å². The van der Waals surface area contributed by atoms with Crippen molar-refractivity contribution in [1.82, 2.24) is 5.43 Å². The number of hydrazone groups is 1. The molecule has 0 saturated heterocycles. The maximum atomic E-state index is 12.1. The van der Waals surface area contributed by atoms with Crippen LogP contribution in [0.5, 0.6) is 0 Å². The lowest BCUT2D eigenvalue weighted by Crippen LogP contribution is -2.20. The Morgan fingerprint density at radius 2 is 1.70 bits per heavy atom. The molecule has 0 radical (unpaired) electrons. The molecule has 0 aliphatic heterocycles. The Hall–Kier alpha value is -2.47. The molecule has 6 heteroatoms. The van der Waals surface area contributed by atoms with Crippen LogP contribution in [0.15, 0.2) is 64.2 Å². The zero-order valence-electron chi connectivity index (χ0n) is 12.2. The number of hydrogen-bond donors (Lipinski definition) is 2. The molecule has 0 unspecified atom stereocenters. The maximum Gasteiger partial charge on any atom is 0.303 e. The zero-order valence-corrected chi connectivity index (χ0v) is 13.8. The van der Waals surface area contributed by atoms with Crippen molar-refractivity contribution in [3.8, 4) is 0 Å². The number of benzene rings is 2. The van der Waals surface area contributed by atoms with Crippen LogP contribution >= 0.6 is 15.9 Å². The zero-order chi connectivity index (χ0) is 16.7. The molecule has 1 amide bonds. The van der Waals surface area contributed by atoms with E-state index in [1.165, 1.54) is 0 Å². The van der Waals surface area contributed by atoms with Crippen molar-refractivity contribution in [3.63, 3.8) is 0 Å². The molecular weight excluding hydrogens is 360 g/mol. The topological polar surface area (TPSA) is 78.8 Å². The summed E-state index contributed by atoms with van der Waals surface area (Å²) in [7, 11) is 0. The number of carboxylic acids is 1. The second-order valence-corrected chi connectivity index (χ2v) is 5.69. The van der Waals surface area contributed by atoms with Crippen molar-refractivity contribution < 1.29 is 14.7 Å². The fourth-order valence-electron chi connectivity index (χ4n) is 1.93. The van der Waals surface area contributed by atoms with Gasteiger partial charge in [0.15, 0.2) is 0 Å². The molecule has 0 atom stereocenters. The van der Waals surface area contributed by atoms with E-state index in [1.54, 1.807) is 18.2 Å². The van der Waals surface area contributed by atoms with Gasteiger partial charge in [0.1, 0.15) is 0 Å². The summed E-state index contributed by atoms with van der Waals surface area (Å²) in [5.41, 5.74) is 4.26. The number of hydrogen-bond acceptors (Lipinski definition) is 3. The summed E-state index contributed by atoms with van der Waals surface area (Å²) in [5, 5.41) is 13.0. The van der Waals surface area contributed by atoms with Gasteiger partial charge >= 0.3 is 5.97 Å². The third-order valence-corrected chi connectivity index (χ3v) is 3.56. The van der Waals surface area contributed by atoms with Gasteiger partial charge in [-0.3, -0.25) is 9.59 Å². The van der Waals surface area contributed by atoms with E-state index in [9.17, 15) is 9.59 Å². The Kier molecular flexibility index (Phi) is 6.05. The Balaban J connectivity index is 2.16.